The van der Waals surface area contributed by atoms with Crippen molar-refractivity contribution in [3.8, 4) is 5.69 Å². The van der Waals surface area contributed by atoms with Crippen LogP contribution >= 0.6 is 23.4 Å². The van der Waals surface area contributed by atoms with Gasteiger partial charge in [0.25, 0.3) is 5.91 Å². The molecule has 1 N–H and O–H groups in total. The van der Waals surface area contributed by atoms with E-state index in [9.17, 15) is 13.6 Å². The summed E-state index contributed by atoms with van der Waals surface area (Å²) < 4.78 is 29.4. The molecule has 2 aromatic carbocycles. The summed E-state index contributed by atoms with van der Waals surface area (Å²) in [7, 11) is 0. The number of hydrogen-bond donors (Lipinski definition) is 1. The minimum Gasteiger partial charge on any atom is -0.346 e. The zero-order valence-corrected chi connectivity index (χ0v) is 18.9. The Morgan fingerprint density at radius 2 is 1.85 bits per heavy atom. The third-order valence-electron chi connectivity index (χ3n) is 4.75. The van der Waals surface area contributed by atoms with Gasteiger partial charge in [-0.2, -0.15) is 0 Å². The van der Waals surface area contributed by atoms with Gasteiger partial charge in [-0.3, -0.25) is 4.79 Å². The van der Waals surface area contributed by atoms with Gasteiger partial charge in [-0.15, -0.1) is 5.10 Å². The molecule has 0 spiro atoms. The summed E-state index contributed by atoms with van der Waals surface area (Å²) in [6.07, 6.45) is 3.22. The van der Waals surface area contributed by atoms with E-state index in [0.29, 0.717) is 21.6 Å². The maximum atomic E-state index is 13.9. The van der Waals surface area contributed by atoms with Crippen molar-refractivity contribution in [1.29, 1.82) is 0 Å². The molecule has 11 heteroatoms. The zero-order chi connectivity index (χ0) is 23.4. The molecule has 0 radical (unpaired) electrons. The Bertz CT molecular complexity index is 1280. The lowest BCUT2D eigenvalue weighted by Crippen LogP contribution is -2.25. The number of carbonyl (C=O) groups excluding carboxylic acids is 1. The molecular weight excluding hydrogens is 470 g/mol. The Kier molecular flexibility index (Phi) is 6.95. The number of hydrogen-bond acceptors (Lipinski definition) is 6. The summed E-state index contributed by atoms with van der Waals surface area (Å²) >= 11 is 7.56. The molecule has 4 aromatic rings. The Labute approximate surface area is 197 Å². The number of aromatic nitrogens is 5. The van der Waals surface area contributed by atoms with Crippen molar-refractivity contribution in [2.24, 2.45) is 0 Å². The van der Waals surface area contributed by atoms with Crippen molar-refractivity contribution in [3.05, 3.63) is 94.0 Å². The Hall–Kier alpha value is -3.37. The van der Waals surface area contributed by atoms with Gasteiger partial charge in [0.1, 0.15) is 11.6 Å². The third kappa shape index (κ3) is 5.18. The molecule has 0 fully saturated rings. The largest absolute Gasteiger partial charge is 0.346 e. The van der Waals surface area contributed by atoms with E-state index in [1.807, 2.05) is 13.0 Å². The highest BCUT2D eigenvalue weighted by molar-refractivity contribution is 7.98. The van der Waals surface area contributed by atoms with Gasteiger partial charge in [-0.25, -0.2) is 23.4 Å². The van der Waals surface area contributed by atoms with E-state index in [1.165, 1.54) is 22.5 Å². The van der Waals surface area contributed by atoms with Crippen LogP contribution in [-0.4, -0.2) is 30.9 Å². The normalized spacial score (nSPS) is 10.9. The molecule has 2 heterocycles. The number of nitrogens with zero attached hydrogens (tertiary/aromatic N) is 5. The first-order valence-corrected chi connectivity index (χ1v) is 11.1. The zero-order valence-electron chi connectivity index (χ0n) is 17.3. The Morgan fingerprint density at radius 1 is 1.12 bits per heavy atom. The molecule has 0 aliphatic carbocycles. The van der Waals surface area contributed by atoms with Gasteiger partial charge < -0.3 is 5.32 Å². The first-order valence-electron chi connectivity index (χ1n) is 9.76. The molecule has 0 unspecified atom stereocenters. The number of halogens is 3. The van der Waals surface area contributed by atoms with E-state index in [2.05, 4.69) is 25.6 Å². The van der Waals surface area contributed by atoms with Crippen molar-refractivity contribution >= 4 is 29.3 Å². The highest BCUT2D eigenvalue weighted by atomic mass is 35.5. The highest BCUT2D eigenvalue weighted by Crippen LogP contribution is 2.25. The fourth-order valence-electron chi connectivity index (χ4n) is 2.97. The predicted molar refractivity (Wildman–Crippen MR) is 120 cm³/mol. The van der Waals surface area contributed by atoms with Crippen LogP contribution in [0.25, 0.3) is 5.69 Å². The number of rotatable bonds is 7. The van der Waals surface area contributed by atoms with Crippen LogP contribution in [0.4, 0.5) is 8.78 Å². The lowest BCUT2D eigenvalue weighted by molar-refractivity contribution is 0.0944. The van der Waals surface area contributed by atoms with E-state index >= 15 is 0 Å². The Morgan fingerprint density at radius 3 is 2.55 bits per heavy atom. The molecule has 0 atom stereocenters. The van der Waals surface area contributed by atoms with Crippen LogP contribution in [0.3, 0.4) is 0 Å². The molecule has 168 valence electrons. The quantitative estimate of drug-likeness (QED) is 0.305. The number of aryl methyl sites for hydroxylation is 1. The second kappa shape index (κ2) is 10.1. The van der Waals surface area contributed by atoms with Gasteiger partial charge in [-0.05, 0) is 42.8 Å². The van der Waals surface area contributed by atoms with Gasteiger partial charge in [-0.1, -0.05) is 40.7 Å². The van der Waals surface area contributed by atoms with Gasteiger partial charge in [0.15, 0.2) is 10.9 Å². The van der Waals surface area contributed by atoms with Gasteiger partial charge >= 0.3 is 0 Å². The molecule has 7 nitrogen and oxygen atoms in total. The van der Waals surface area contributed by atoms with Crippen LogP contribution in [0.1, 0.15) is 27.3 Å². The first-order chi connectivity index (χ1) is 15.9. The molecule has 2 aromatic heterocycles. The summed E-state index contributed by atoms with van der Waals surface area (Å²) in [4.78, 5) is 21.2. The molecule has 0 saturated carbocycles. The lowest BCUT2D eigenvalue weighted by Gasteiger charge is -2.10. The average molecular weight is 487 g/mol. The smallest absolute Gasteiger partial charge is 0.274 e. The molecule has 0 bridgehead atoms. The number of amides is 1. The monoisotopic (exact) mass is 486 g/mol. The summed E-state index contributed by atoms with van der Waals surface area (Å²) in [5.41, 5.74) is 1.74. The van der Waals surface area contributed by atoms with Crippen LogP contribution in [0.5, 0.6) is 0 Å². The minimum absolute atomic E-state index is 0.0203. The van der Waals surface area contributed by atoms with Gasteiger partial charge in [0.2, 0.25) is 0 Å². The number of carbonyl (C=O) groups is 1. The van der Waals surface area contributed by atoms with Gasteiger partial charge in [0.05, 0.1) is 11.4 Å². The molecule has 1 amide bonds. The first kappa shape index (κ1) is 22.8. The van der Waals surface area contributed by atoms with Crippen LogP contribution < -0.4 is 5.32 Å². The summed E-state index contributed by atoms with van der Waals surface area (Å²) in [6, 6.07) is 10.6. The summed E-state index contributed by atoms with van der Waals surface area (Å²) in [5, 5.41) is 11.7. The van der Waals surface area contributed by atoms with Crippen molar-refractivity contribution in [2.75, 3.05) is 0 Å². The summed E-state index contributed by atoms with van der Waals surface area (Å²) in [6.45, 7) is 1.53. The third-order valence-corrected chi connectivity index (χ3v) is 6.04. The van der Waals surface area contributed by atoms with E-state index in [-0.39, 0.29) is 23.6 Å². The second-order valence-corrected chi connectivity index (χ2v) is 8.28. The standard InChI is InChI=1S/C22H17ClF2N6OS/c1-13-6-7-14(10-16(13)23)31-19(12-33-22-26-8-3-9-27-22)20(29-30-31)21(32)28-11-15-17(24)4-2-5-18(15)25/h2-10H,11-12H2,1H3,(H,28,32). The SMILES string of the molecule is Cc1ccc(-n2nnc(C(=O)NCc3c(F)cccc3F)c2CSc2ncccn2)cc1Cl. The molecule has 33 heavy (non-hydrogen) atoms. The predicted octanol–water partition coefficient (Wildman–Crippen LogP) is 4.52. The second-order valence-electron chi connectivity index (χ2n) is 6.93. The highest BCUT2D eigenvalue weighted by Gasteiger charge is 2.22. The number of benzene rings is 2. The maximum absolute atomic E-state index is 13.9. The minimum atomic E-state index is -0.745. The lowest BCUT2D eigenvalue weighted by atomic mass is 10.2. The van der Waals surface area contributed by atoms with Crippen molar-refractivity contribution in [3.63, 3.8) is 0 Å². The molecule has 4 rings (SSSR count). The topological polar surface area (TPSA) is 85.6 Å². The van der Waals surface area contributed by atoms with Crippen LogP contribution in [0.2, 0.25) is 5.02 Å². The Balaban J connectivity index is 1.64. The van der Waals surface area contributed by atoms with Crippen molar-refractivity contribution in [1.82, 2.24) is 30.3 Å². The molecule has 0 saturated heterocycles. The summed E-state index contributed by atoms with van der Waals surface area (Å²) in [5.74, 6) is -1.85. The molecule has 0 aliphatic heterocycles. The fraction of sp³-hybridized carbons (Fsp3) is 0.136. The van der Waals surface area contributed by atoms with Crippen molar-refractivity contribution < 1.29 is 13.6 Å². The van der Waals surface area contributed by atoms with Crippen molar-refractivity contribution in [2.45, 2.75) is 24.4 Å². The number of thioether (sulfide) groups is 1. The van der Waals surface area contributed by atoms with Crippen LogP contribution in [0.15, 0.2) is 60.0 Å². The van der Waals surface area contributed by atoms with Gasteiger partial charge in [0, 0.05) is 35.3 Å². The van der Waals surface area contributed by atoms with E-state index in [0.717, 1.165) is 17.7 Å². The van der Waals surface area contributed by atoms with E-state index in [4.69, 9.17) is 11.6 Å². The average Bonchev–Trinajstić information content (AvgIpc) is 3.24. The number of nitrogens with one attached hydrogen (secondary N) is 1. The molecule has 0 aliphatic rings. The van der Waals surface area contributed by atoms with Crippen LogP contribution in [0, 0.1) is 18.6 Å². The van der Waals surface area contributed by atoms with E-state index < -0.39 is 17.5 Å². The fourth-order valence-corrected chi connectivity index (χ4v) is 3.95. The van der Waals surface area contributed by atoms with Crippen LogP contribution in [-0.2, 0) is 12.3 Å². The molecular formula is C22H17ClF2N6OS. The van der Waals surface area contributed by atoms with E-state index in [1.54, 1.807) is 30.6 Å². The maximum Gasteiger partial charge on any atom is 0.274 e.